The van der Waals surface area contributed by atoms with Crippen LogP contribution in [0.4, 0.5) is 5.69 Å². The van der Waals surface area contributed by atoms with E-state index in [-0.39, 0.29) is 16.9 Å². The van der Waals surface area contributed by atoms with Crippen molar-refractivity contribution in [3.8, 4) is 5.88 Å². The summed E-state index contributed by atoms with van der Waals surface area (Å²) in [7, 11) is 1.55. The van der Waals surface area contributed by atoms with Crippen molar-refractivity contribution in [3.63, 3.8) is 0 Å². The van der Waals surface area contributed by atoms with E-state index in [0.717, 1.165) is 5.69 Å². The molecule has 1 atom stereocenters. The number of hydrogen-bond acceptors (Lipinski definition) is 5. The number of ether oxygens (including phenoxy) is 1. The second kappa shape index (κ2) is 6.06. The first-order chi connectivity index (χ1) is 9.10. The molecule has 2 heterocycles. The van der Waals surface area contributed by atoms with Crippen LogP contribution in [0.1, 0.15) is 13.3 Å². The molecule has 0 N–H and O–H groups in total. The minimum atomic E-state index is 0.0856. The van der Waals surface area contributed by atoms with Crippen LogP contribution >= 0.6 is 11.8 Å². The van der Waals surface area contributed by atoms with E-state index in [1.165, 1.54) is 11.8 Å². The molecule has 102 valence electrons. The van der Waals surface area contributed by atoms with Crippen LogP contribution < -0.4 is 9.64 Å². The van der Waals surface area contributed by atoms with Crippen LogP contribution in [0.5, 0.6) is 5.88 Å². The molecule has 1 amide bonds. The zero-order chi connectivity index (χ0) is 13.8. The van der Waals surface area contributed by atoms with E-state index in [2.05, 4.69) is 4.98 Å². The highest BCUT2D eigenvalue weighted by Gasteiger charge is 2.30. The summed E-state index contributed by atoms with van der Waals surface area (Å²) in [6.07, 6.45) is 2.12. The molecule has 1 aliphatic rings. The van der Waals surface area contributed by atoms with E-state index in [0.29, 0.717) is 24.6 Å². The van der Waals surface area contributed by atoms with Gasteiger partial charge in [0, 0.05) is 37.9 Å². The van der Waals surface area contributed by atoms with E-state index in [4.69, 9.17) is 4.74 Å². The molecule has 2 rings (SSSR count). The molecule has 1 aliphatic heterocycles. The predicted octanol–water partition coefficient (Wildman–Crippen LogP) is 1.72. The molecule has 0 aliphatic carbocycles. The number of rotatable bonds is 4. The van der Waals surface area contributed by atoms with Crippen molar-refractivity contribution < 1.29 is 14.3 Å². The quantitative estimate of drug-likeness (QED) is 0.840. The van der Waals surface area contributed by atoms with Gasteiger partial charge in [0.25, 0.3) is 0 Å². The zero-order valence-electron chi connectivity index (χ0n) is 11.0. The lowest BCUT2D eigenvalue weighted by Crippen LogP contribution is -2.24. The Balaban J connectivity index is 2.04. The Kier molecular flexibility index (Phi) is 4.42. The number of thioether (sulfide) groups is 1. The number of carbonyl (C=O) groups is 2. The Morgan fingerprint density at radius 3 is 3.11 bits per heavy atom. The van der Waals surface area contributed by atoms with Gasteiger partial charge in [-0.25, -0.2) is 4.98 Å². The number of hydrogen-bond donors (Lipinski definition) is 0. The fourth-order valence-electron chi connectivity index (χ4n) is 2.06. The van der Waals surface area contributed by atoms with Gasteiger partial charge < -0.3 is 9.64 Å². The molecular formula is C13H16N2O3S. The predicted molar refractivity (Wildman–Crippen MR) is 74.4 cm³/mol. The third-order valence-electron chi connectivity index (χ3n) is 2.97. The van der Waals surface area contributed by atoms with E-state index in [1.807, 2.05) is 0 Å². The van der Waals surface area contributed by atoms with Gasteiger partial charge in [-0.05, 0) is 12.0 Å². The molecule has 0 spiro atoms. The number of pyridine rings is 1. The summed E-state index contributed by atoms with van der Waals surface area (Å²) >= 11 is 1.28. The summed E-state index contributed by atoms with van der Waals surface area (Å²) in [6, 6.07) is 3.54. The van der Waals surface area contributed by atoms with Gasteiger partial charge in [0.1, 0.15) is 0 Å². The maximum atomic E-state index is 12.0. The van der Waals surface area contributed by atoms with Crippen LogP contribution in [0.25, 0.3) is 0 Å². The van der Waals surface area contributed by atoms with Crippen LogP contribution in [0.3, 0.4) is 0 Å². The number of amides is 1. The maximum absolute atomic E-state index is 12.0. The van der Waals surface area contributed by atoms with E-state index in [1.54, 1.807) is 37.3 Å². The number of aromatic nitrogens is 1. The van der Waals surface area contributed by atoms with Gasteiger partial charge >= 0.3 is 0 Å². The third kappa shape index (κ3) is 3.47. The number of carbonyl (C=O) groups excluding carboxylic acids is 2. The first-order valence-electron chi connectivity index (χ1n) is 6.04. The normalized spacial score (nSPS) is 18.7. The lowest BCUT2D eigenvalue weighted by atomic mass is 10.1. The van der Waals surface area contributed by atoms with Crippen LogP contribution in [0, 0.1) is 5.92 Å². The zero-order valence-corrected chi connectivity index (χ0v) is 11.8. The molecule has 1 unspecified atom stereocenters. The van der Waals surface area contributed by atoms with Gasteiger partial charge in [-0.2, -0.15) is 0 Å². The summed E-state index contributed by atoms with van der Waals surface area (Å²) in [4.78, 5) is 28.7. The second-order valence-electron chi connectivity index (χ2n) is 4.43. The van der Waals surface area contributed by atoms with E-state index in [9.17, 15) is 9.59 Å². The van der Waals surface area contributed by atoms with Crippen LogP contribution in [-0.2, 0) is 9.59 Å². The molecular weight excluding hydrogens is 264 g/mol. The molecule has 1 saturated heterocycles. The number of anilines is 1. The molecule has 1 aromatic heterocycles. The average Bonchev–Trinajstić information content (AvgIpc) is 2.78. The largest absolute Gasteiger partial charge is 0.481 e. The Labute approximate surface area is 116 Å². The van der Waals surface area contributed by atoms with Gasteiger partial charge in [-0.1, -0.05) is 11.8 Å². The summed E-state index contributed by atoms with van der Waals surface area (Å²) in [5.41, 5.74) is 0.798. The van der Waals surface area contributed by atoms with Crippen LogP contribution in [0.2, 0.25) is 0 Å². The fourth-order valence-corrected chi connectivity index (χ4v) is 2.75. The van der Waals surface area contributed by atoms with Crippen molar-refractivity contribution in [1.82, 2.24) is 4.98 Å². The van der Waals surface area contributed by atoms with E-state index < -0.39 is 0 Å². The Morgan fingerprint density at radius 2 is 2.42 bits per heavy atom. The first kappa shape index (κ1) is 13.9. The molecule has 0 radical (unpaired) electrons. The molecule has 0 aromatic carbocycles. The van der Waals surface area contributed by atoms with Crippen LogP contribution in [-0.4, -0.2) is 35.4 Å². The number of methoxy groups -OCH3 is 1. The van der Waals surface area contributed by atoms with Crippen LogP contribution in [0.15, 0.2) is 18.3 Å². The maximum Gasteiger partial charge on any atom is 0.227 e. The standard InChI is InChI=1S/C13H16N2O3S/c1-9(16)19-8-10-5-13(17)15(7-10)11-3-4-14-12(6-11)18-2/h3-4,6,10H,5,7-8H2,1-2H3. The first-order valence-corrected chi connectivity index (χ1v) is 7.02. The SMILES string of the molecule is COc1cc(N2CC(CSC(C)=O)CC2=O)ccn1. The van der Waals surface area contributed by atoms with Crippen molar-refractivity contribution in [2.75, 3.05) is 24.3 Å². The van der Waals surface area contributed by atoms with E-state index >= 15 is 0 Å². The average molecular weight is 280 g/mol. The minimum Gasteiger partial charge on any atom is -0.481 e. The topological polar surface area (TPSA) is 59.5 Å². The van der Waals surface area contributed by atoms with Crippen molar-refractivity contribution in [2.24, 2.45) is 5.92 Å². The highest BCUT2D eigenvalue weighted by molar-refractivity contribution is 8.13. The van der Waals surface area contributed by atoms with Crippen molar-refractivity contribution >= 4 is 28.5 Å². The lowest BCUT2D eigenvalue weighted by molar-refractivity contribution is -0.117. The Hall–Kier alpha value is -1.56. The van der Waals surface area contributed by atoms with Crippen molar-refractivity contribution in [3.05, 3.63) is 18.3 Å². The Bertz CT molecular complexity index is 493. The second-order valence-corrected chi connectivity index (χ2v) is 5.63. The number of nitrogens with zero attached hydrogens (tertiary/aromatic N) is 2. The molecule has 1 aromatic rings. The van der Waals surface area contributed by atoms with Gasteiger partial charge in [0.15, 0.2) is 5.12 Å². The monoisotopic (exact) mass is 280 g/mol. The smallest absolute Gasteiger partial charge is 0.227 e. The summed E-state index contributed by atoms with van der Waals surface area (Å²) in [5.74, 6) is 1.50. The molecule has 19 heavy (non-hydrogen) atoms. The highest BCUT2D eigenvalue weighted by Crippen LogP contribution is 2.28. The Morgan fingerprint density at radius 1 is 1.63 bits per heavy atom. The van der Waals surface area contributed by atoms with Crippen molar-refractivity contribution in [2.45, 2.75) is 13.3 Å². The lowest BCUT2D eigenvalue weighted by Gasteiger charge is -2.16. The molecule has 0 bridgehead atoms. The molecule has 6 heteroatoms. The summed E-state index contributed by atoms with van der Waals surface area (Å²) < 4.78 is 5.06. The van der Waals surface area contributed by atoms with Gasteiger partial charge in [0.05, 0.1) is 12.8 Å². The van der Waals surface area contributed by atoms with Gasteiger partial charge in [0.2, 0.25) is 11.8 Å². The highest BCUT2D eigenvalue weighted by atomic mass is 32.2. The molecule has 1 fully saturated rings. The van der Waals surface area contributed by atoms with Crippen molar-refractivity contribution in [1.29, 1.82) is 0 Å². The third-order valence-corrected chi connectivity index (χ3v) is 4.01. The molecule has 0 saturated carbocycles. The minimum absolute atomic E-state index is 0.0856. The van der Waals surface area contributed by atoms with Gasteiger partial charge in [-0.15, -0.1) is 0 Å². The molecule has 5 nitrogen and oxygen atoms in total. The summed E-state index contributed by atoms with van der Waals surface area (Å²) in [5, 5.41) is 0.0940. The van der Waals surface area contributed by atoms with Gasteiger partial charge in [-0.3, -0.25) is 9.59 Å². The summed E-state index contributed by atoms with van der Waals surface area (Å²) in [6.45, 7) is 2.19. The fraction of sp³-hybridized carbons (Fsp3) is 0.462.